The molecule has 6 aromatic carbocycles. The van der Waals surface area contributed by atoms with Crippen molar-refractivity contribution in [3.63, 3.8) is 0 Å². The Hall–Kier alpha value is -5.26. The maximum Gasteiger partial charge on any atom is 0.165 e. The van der Waals surface area contributed by atoms with Gasteiger partial charge in [0, 0.05) is 42.8 Å². The second-order valence-electron chi connectivity index (χ2n) is 14.6. The number of methoxy groups -OCH3 is 12. The molecule has 0 N–H and O–H groups in total. The van der Waals surface area contributed by atoms with E-state index >= 15 is 0 Å². The Morgan fingerprint density at radius 2 is 0.418 bits per heavy atom. The van der Waals surface area contributed by atoms with Crippen LogP contribution < -0.4 is 88.7 Å². The third-order valence-corrected chi connectivity index (χ3v) is 20.9. The first-order chi connectivity index (χ1) is 31.6. The number of rotatable bonds is 22. The number of ether oxygens (including phenoxy) is 12. The molecule has 6 aromatic rings. The van der Waals surface area contributed by atoms with E-state index in [1.54, 1.807) is 85.3 Å². The summed E-state index contributed by atoms with van der Waals surface area (Å²) in [6.07, 6.45) is 1.82. The summed E-state index contributed by atoms with van der Waals surface area (Å²) in [7, 11) is 14.1. The van der Waals surface area contributed by atoms with E-state index in [9.17, 15) is 0 Å². The van der Waals surface area contributed by atoms with Crippen LogP contribution in [0.2, 0.25) is 0 Å². The summed E-state index contributed by atoms with van der Waals surface area (Å²) in [6, 6.07) is 36.1. The topological polar surface area (TPSA) is 111 Å². The van der Waals surface area contributed by atoms with Crippen LogP contribution in [0.5, 0.6) is 69.0 Å². The van der Waals surface area contributed by atoms with E-state index < -0.39 is 14.5 Å². The van der Waals surface area contributed by atoms with E-state index in [0.29, 0.717) is 87.7 Å². The predicted octanol–water partition coefficient (Wildman–Crippen LogP) is 8.62. The first kappa shape index (κ1) is 54.3. The lowest BCUT2D eigenvalue weighted by molar-refractivity contribution is 0.395. The molecule has 0 amide bonds. The number of hydrogen-bond donors (Lipinski definition) is 0. The molecule has 6 rings (SSSR count). The molecule has 0 unspecified atom stereocenters. The largest absolute Gasteiger partial charge is 0.497 e. The van der Waals surface area contributed by atoms with Crippen molar-refractivity contribution in [3.05, 3.63) is 109 Å². The number of halogens is 2. The first-order valence-corrected chi connectivity index (χ1v) is 24.7. The molecule has 67 heavy (non-hydrogen) atoms. The normalized spacial score (nSPS) is 10.9. The average molecular weight is 1090 g/mol. The van der Waals surface area contributed by atoms with Crippen LogP contribution in [0.25, 0.3) is 0 Å². The Labute approximate surface area is 417 Å². The Balaban J connectivity index is 0.00000490. The van der Waals surface area contributed by atoms with Gasteiger partial charge in [-0.25, -0.2) is 0 Å². The highest BCUT2D eigenvalue weighted by atomic mass is 79.9. The summed E-state index contributed by atoms with van der Waals surface area (Å²) in [5.74, 6) is 7.84. The molecule has 0 aliphatic carbocycles. The van der Waals surface area contributed by atoms with Gasteiger partial charge in [0.05, 0.1) is 97.6 Å². The van der Waals surface area contributed by atoms with Gasteiger partial charge in [-0.3, -0.25) is 0 Å². The third-order valence-electron chi connectivity index (χ3n) is 11.8. The zero-order chi connectivity index (χ0) is 46.7. The van der Waals surface area contributed by atoms with Crippen molar-refractivity contribution in [2.24, 2.45) is 0 Å². The second kappa shape index (κ2) is 24.7. The Morgan fingerprint density at radius 1 is 0.254 bits per heavy atom. The molecule has 0 aromatic heterocycles. The lowest BCUT2D eigenvalue weighted by Crippen LogP contribution is -2.38. The summed E-state index contributed by atoms with van der Waals surface area (Å²) in [4.78, 5) is 0. The van der Waals surface area contributed by atoms with Gasteiger partial charge in [-0.05, 0) is 72.8 Å². The van der Waals surface area contributed by atoms with Gasteiger partial charge in [-0.15, -0.1) is 34.0 Å². The van der Waals surface area contributed by atoms with Gasteiger partial charge in [-0.2, -0.15) is 0 Å². The average Bonchev–Trinajstić information content (AvgIpc) is 3.37. The van der Waals surface area contributed by atoms with Crippen LogP contribution in [0.3, 0.4) is 0 Å². The quantitative estimate of drug-likeness (QED) is 0.0608. The molecule has 0 saturated heterocycles. The van der Waals surface area contributed by atoms with E-state index in [4.69, 9.17) is 56.8 Å². The molecule has 0 atom stereocenters. The van der Waals surface area contributed by atoms with Crippen molar-refractivity contribution in [1.29, 1.82) is 0 Å². The van der Waals surface area contributed by atoms with Gasteiger partial charge in [-0.1, -0.05) is 0 Å². The van der Waals surface area contributed by atoms with E-state index in [2.05, 4.69) is 36.4 Å². The number of hydrogen-bond acceptors (Lipinski definition) is 12. The van der Waals surface area contributed by atoms with Crippen molar-refractivity contribution in [2.75, 3.05) is 97.6 Å². The lowest BCUT2D eigenvalue weighted by Gasteiger charge is -2.33. The van der Waals surface area contributed by atoms with Gasteiger partial charge < -0.3 is 56.8 Å². The van der Waals surface area contributed by atoms with E-state index in [-0.39, 0.29) is 34.0 Å². The van der Waals surface area contributed by atoms with Crippen LogP contribution >= 0.6 is 48.5 Å². The van der Waals surface area contributed by atoms with E-state index in [1.807, 2.05) is 72.8 Å². The summed E-state index contributed by atoms with van der Waals surface area (Å²) >= 11 is 0. The smallest absolute Gasteiger partial charge is 0.165 e. The molecule has 16 heteroatoms. The van der Waals surface area contributed by atoms with Crippen molar-refractivity contribution >= 4 is 80.3 Å². The van der Waals surface area contributed by atoms with Gasteiger partial charge in [0.25, 0.3) is 0 Å². The fourth-order valence-electron chi connectivity index (χ4n) is 8.65. The molecule has 0 aliphatic heterocycles. The fourth-order valence-corrected chi connectivity index (χ4v) is 18.3. The van der Waals surface area contributed by atoms with Crippen LogP contribution in [0, 0.1) is 0 Å². The first-order valence-electron chi connectivity index (χ1n) is 20.8. The lowest BCUT2D eigenvalue weighted by atomic mass is 10.3. The minimum atomic E-state index is -2.94. The van der Waals surface area contributed by atoms with Crippen LogP contribution in [0.15, 0.2) is 109 Å². The third kappa shape index (κ3) is 10.6. The SMILES string of the molecule is Br.Br.COc1ccc([P+](CCC[P+](c2ccc(OC)cc2OC)(c2ccc(OC)cc2OC)c2ccc(OC)cc2OC)(c2ccc(OC)cc2OC)c2ccc(OC)cc2OC)c(OC)c1. The van der Waals surface area contributed by atoms with Gasteiger partial charge >= 0.3 is 0 Å². The minimum Gasteiger partial charge on any atom is -0.497 e. The molecule has 0 bridgehead atoms. The standard InChI is InChI=1S/C51H60O12P2.2BrH/c1-52-34-14-20-46(40(28-34)58-7)64(47-21-15-35(53-2)29-41(47)59-8,48-22-16-36(54-3)30-42(48)60-9)26-13-27-65(49-23-17-37(55-4)31-43(49)61-10,50-24-18-38(56-5)32-44(50)62-11)51-25-19-39(57-6)33-45(51)63-12;;/h14-25,28-33H,13,26-27H2,1-12H3;2*1H/q+2;;. The highest BCUT2D eigenvalue weighted by Crippen LogP contribution is 2.66. The van der Waals surface area contributed by atoms with Gasteiger partial charge in [0.1, 0.15) is 80.8 Å². The van der Waals surface area contributed by atoms with Crippen molar-refractivity contribution < 1.29 is 56.8 Å². The molecule has 0 fully saturated rings. The Bertz CT molecular complexity index is 2130. The van der Waals surface area contributed by atoms with Crippen LogP contribution in [-0.4, -0.2) is 97.6 Å². The molecule has 12 nitrogen and oxygen atoms in total. The molecular weight excluding hydrogens is 1030 g/mol. The summed E-state index contributed by atoms with van der Waals surface area (Å²) in [5, 5.41) is 5.77. The highest BCUT2D eigenvalue weighted by molar-refractivity contribution is 8.93. The molecule has 0 aliphatic rings. The van der Waals surface area contributed by atoms with Gasteiger partial charge in [0.15, 0.2) is 34.5 Å². The zero-order valence-electron chi connectivity index (χ0n) is 40.1. The molecule has 360 valence electrons. The monoisotopic (exact) mass is 1090 g/mol. The molecule has 0 spiro atoms. The number of benzene rings is 6. The second-order valence-corrected chi connectivity index (χ2v) is 21.7. The van der Waals surface area contributed by atoms with E-state index in [0.717, 1.165) is 31.8 Å². The van der Waals surface area contributed by atoms with Crippen molar-refractivity contribution in [1.82, 2.24) is 0 Å². The zero-order valence-corrected chi connectivity index (χ0v) is 45.3. The summed E-state index contributed by atoms with van der Waals surface area (Å²) in [6.45, 7) is 0. The van der Waals surface area contributed by atoms with Crippen molar-refractivity contribution in [3.8, 4) is 69.0 Å². The Kier molecular flexibility index (Phi) is 20.0. The minimum absolute atomic E-state index is 0. The maximum absolute atomic E-state index is 6.32. The van der Waals surface area contributed by atoms with Crippen LogP contribution in [0.1, 0.15) is 6.42 Å². The molecular formula is C51H62Br2O12P2+2. The summed E-state index contributed by atoms with van der Waals surface area (Å²) in [5.41, 5.74) is 0. The highest BCUT2D eigenvalue weighted by Gasteiger charge is 2.56. The van der Waals surface area contributed by atoms with Gasteiger partial charge in [0.2, 0.25) is 0 Å². The molecule has 0 saturated carbocycles. The van der Waals surface area contributed by atoms with Crippen molar-refractivity contribution in [2.45, 2.75) is 6.42 Å². The predicted molar refractivity (Wildman–Crippen MR) is 284 cm³/mol. The molecule has 0 heterocycles. The maximum atomic E-state index is 6.32. The fraction of sp³-hybridized carbons (Fsp3) is 0.294. The Morgan fingerprint density at radius 3 is 0.552 bits per heavy atom. The van der Waals surface area contributed by atoms with Crippen LogP contribution in [-0.2, 0) is 0 Å². The molecule has 0 radical (unpaired) electrons. The van der Waals surface area contributed by atoms with Crippen LogP contribution in [0.4, 0.5) is 0 Å². The van der Waals surface area contributed by atoms with E-state index in [1.165, 1.54) is 0 Å². The summed E-state index contributed by atoms with van der Waals surface area (Å²) < 4.78 is 72.5.